The van der Waals surface area contributed by atoms with E-state index in [9.17, 15) is 9.65 Å². The molecule has 0 aliphatic heterocycles. The molecule has 0 fully saturated rings. The highest BCUT2D eigenvalue weighted by atomic mass is 32.1. The quantitative estimate of drug-likeness (QED) is 0.686. The van der Waals surface area contributed by atoms with Crippen LogP contribution in [0.15, 0.2) is 36.4 Å². The molecular formula is C15H10FN3S. The molecule has 0 saturated carbocycles. The lowest BCUT2D eigenvalue weighted by molar-refractivity contribution is 0.622. The largest absolute Gasteiger partial charge is 0.330 e. The van der Waals surface area contributed by atoms with Gasteiger partial charge in [0.2, 0.25) is 0 Å². The first-order chi connectivity index (χ1) is 9.63. The normalized spacial score (nSPS) is 10.7. The highest BCUT2D eigenvalue weighted by molar-refractivity contribution is 7.71. The Bertz CT molecular complexity index is 915. The maximum Gasteiger partial charge on any atom is 0.182 e. The number of benzene rings is 2. The third-order valence-electron chi connectivity index (χ3n) is 3.25. The van der Waals surface area contributed by atoms with Crippen molar-refractivity contribution in [2.75, 3.05) is 0 Å². The molecule has 0 saturated heterocycles. The van der Waals surface area contributed by atoms with E-state index in [2.05, 4.69) is 4.98 Å². The maximum atomic E-state index is 13.8. The number of rotatable bonds is 1. The summed E-state index contributed by atoms with van der Waals surface area (Å²) in [7, 11) is 0. The van der Waals surface area contributed by atoms with Crippen LogP contribution in [-0.4, -0.2) is 9.55 Å². The van der Waals surface area contributed by atoms with Gasteiger partial charge in [-0.05, 0) is 42.9 Å². The van der Waals surface area contributed by atoms with E-state index in [1.807, 2.05) is 31.2 Å². The van der Waals surface area contributed by atoms with Crippen molar-refractivity contribution in [3.8, 4) is 11.8 Å². The first-order valence-corrected chi connectivity index (χ1v) is 6.43. The van der Waals surface area contributed by atoms with Crippen molar-refractivity contribution < 1.29 is 4.39 Å². The Morgan fingerprint density at radius 1 is 1.25 bits per heavy atom. The molecule has 0 amide bonds. The first kappa shape index (κ1) is 12.6. The summed E-state index contributed by atoms with van der Waals surface area (Å²) >= 11 is 5.32. The zero-order valence-corrected chi connectivity index (χ0v) is 11.5. The minimum absolute atomic E-state index is 0.00671. The molecule has 1 N–H and O–H groups in total. The van der Waals surface area contributed by atoms with Crippen molar-refractivity contribution >= 4 is 23.3 Å². The molecule has 0 radical (unpaired) electrons. The number of aromatic amines is 1. The SMILES string of the molecule is Cc1cccc2[nH]c(=S)n(-c3cccc(F)c3C#N)c12. The van der Waals surface area contributed by atoms with Crippen molar-refractivity contribution in [1.29, 1.82) is 5.26 Å². The van der Waals surface area contributed by atoms with Crippen molar-refractivity contribution in [3.63, 3.8) is 0 Å². The van der Waals surface area contributed by atoms with E-state index in [1.54, 1.807) is 16.7 Å². The van der Waals surface area contributed by atoms with E-state index < -0.39 is 5.82 Å². The van der Waals surface area contributed by atoms with Crippen LogP contribution in [0, 0.1) is 28.8 Å². The molecule has 0 atom stereocenters. The van der Waals surface area contributed by atoms with Crippen LogP contribution in [0.5, 0.6) is 0 Å². The zero-order chi connectivity index (χ0) is 14.3. The van der Waals surface area contributed by atoms with Gasteiger partial charge in [-0.2, -0.15) is 5.26 Å². The standard InChI is InChI=1S/C15H10FN3S/c1-9-4-2-6-12-14(9)19(15(20)18-12)13-7-3-5-11(16)10(13)8-17/h2-7H,1H3,(H,18,20). The van der Waals surface area contributed by atoms with Gasteiger partial charge >= 0.3 is 0 Å². The summed E-state index contributed by atoms with van der Waals surface area (Å²) < 4.78 is 15.9. The van der Waals surface area contributed by atoms with Gasteiger partial charge in [0, 0.05) is 0 Å². The van der Waals surface area contributed by atoms with Crippen molar-refractivity contribution in [2.45, 2.75) is 6.92 Å². The number of fused-ring (bicyclic) bond motifs is 1. The lowest BCUT2D eigenvalue weighted by atomic mass is 10.1. The van der Waals surface area contributed by atoms with Crippen LogP contribution in [0.3, 0.4) is 0 Å². The second kappa shape index (κ2) is 4.58. The Labute approximate surface area is 119 Å². The number of aromatic nitrogens is 2. The van der Waals surface area contributed by atoms with Crippen molar-refractivity contribution in [3.05, 3.63) is 58.1 Å². The van der Waals surface area contributed by atoms with Gasteiger partial charge in [0.15, 0.2) is 4.77 Å². The van der Waals surface area contributed by atoms with Gasteiger partial charge in [0.05, 0.1) is 16.7 Å². The summed E-state index contributed by atoms with van der Waals surface area (Å²) in [6.45, 7) is 1.95. The number of nitrogens with zero attached hydrogens (tertiary/aromatic N) is 2. The van der Waals surface area contributed by atoms with Crippen LogP contribution in [0.2, 0.25) is 0 Å². The molecule has 1 aromatic heterocycles. The molecule has 0 aliphatic rings. The van der Waals surface area contributed by atoms with E-state index >= 15 is 0 Å². The third-order valence-corrected chi connectivity index (χ3v) is 3.54. The number of hydrogen-bond acceptors (Lipinski definition) is 2. The topological polar surface area (TPSA) is 44.5 Å². The molecule has 3 aromatic rings. The minimum Gasteiger partial charge on any atom is -0.330 e. The molecule has 5 heteroatoms. The number of nitrogens with one attached hydrogen (secondary N) is 1. The summed E-state index contributed by atoms with van der Waals surface area (Å²) in [5.74, 6) is -0.546. The van der Waals surface area contributed by atoms with Gasteiger partial charge in [-0.25, -0.2) is 4.39 Å². The lowest BCUT2D eigenvalue weighted by Gasteiger charge is -2.08. The van der Waals surface area contributed by atoms with Gasteiger partial charge in [-0.3, -0.25) is 4.57 Å². The van der Waals surface area contributed by atoms with E-state index in [1.165, 1.54) is 6.07 Å². The summed E-state index contributed by atoms with van der Waals surface area (Å²) in [6.07, 6.45) is 0. The number of imidazole rings is 1. The second-order valence-corrected chi connectivity index (χ2v) is 4.87. The molecule has 20 heavy (non-hydrogen) atoms. The molecule has 0 bridgehead atoms. The fourth-order valence-electron chi connectivity index (χ4n) is 2.37. The number of nitriles is 1. The van der Waals surface area contributed by atoms with Gasteiger partial charge in [0.25, 0.3) is 0 Å². The predicted molar refractivity (Wildman–Crippen MR) is 77.9 cm³/mol. The molecule has 0 aliphatic carbocycles. The lowest BCUT2D eigenvalue weighted by Crippen LogP contribution is -2.00. The molecule has 0 spiro atoms. The fraction of sp³-hybridized carbons (Fsp3) is 0.0667. The smallest absolute Gasteiger partial charge is 0.182 e. The van der Waals surface area contributed by atoms with E-state index in [0.29, 0.717) is 10.5 Å². The minimum atomic E-state index is -0.546. The highest BCUT2D eigenvalue weighted by Gasteiger charge is 2.14. The summed E-state index contributed by atoms with van der Waals surface area (Å²) in [4.78, 5) is 3.08. The monoisotopic (exact) mass is 283 g/mol. The molecule has 1 heterocycles. The predicted octanol–water partition coefficient (Wildman–Crippen LogP) is 4.01. The van der Waals surface area contributed by atoms with Crippen LogP contribution in [-0.2, 0) is 0 Å². The number of para-hydroxylation sites is 1. The average molecular weight is 283 g/mol. The van der Waals surface area contributed by atoms with Gasteiger partial charge < -0.3 is 4.98 Å². The molecular weight excluding hydrogens is 273 g/mol. The highest BCUT2D eigenvalue weighted by Crippen LogP contribution is 2.25. The fourth-order valence-corrected chi connectivity index (χ4v) is 2.67. The number of halogens is 1. The Morgan fingerprint density at radius 2 is 2.00 bits per heavy atom. The number of aryl methyl sites for hydroxylation is 1. The Balaban J connectivity index is 2.49. The van der Waals surface area contributed by atoms with Crippen LogP contribution in [0.4, 0.5) is 4.39 Å². The van der Waals surface area contributed by atoms with E-state index in [0.717, 1.165) is 16.6 Å². The van der Waals surface area contributed by atoms with E-state index in [4.69, 9.17) is 12.2 Å². The molecule has 2 aromatic carbocycles. The third kappa shape index (κ3) is 1.74. The van der Waals surface area contributed by atoms with E-state index in [-0.39, 0.29) is 5.56 Å². The first-order valence-electron chi connectivity index (χ1n) is 6.03. The molecule has 3 rings (SSSR count). The van der Waals surface area contributed by atoms with Crippen molar-refractivity contribution in [1.82, 2.24) is 9.55 Å². The van der Waals surface area contributed by atoms with Crippen molar-refractivity contribution in [2.24, 2.45) is 0 Å². The van der Waals surface area contributed by atoms with Crippen LogP contribution >= 0.6 is 12.2 Å². The maximum absolute atomic E-state index is 13.8. The number of hydrogen-bond donors (Lipinski definition) is 1. The van der Waals surface area contributed by atoms with Gasteiger partial charge in [-0.1, -0.05) is 18.2 Å². The summed E-state index contributed by atoms with van der Waals surface area (Å²) in [5.41, 5.74) is 3.18. The zero-order valence-electron chi connectivity index (χ0n) is 10.6. The Hall–Kier alpha value is -2.45. The Morgan fingerprint density at radius 3 is 2.75 bits per heavy atom. The van der Waals surface area contributed by atoms with Crippen LogP contribution in [0.25, 0.3) is 16.7 Å². The van der Waals surface area contributed by atoms with Gasteiger partial charge in [0.1, 0.15) is 17.4 Å². The van der Waals surface area contributed by atoms with Gasteiger partial charge in [-0.15, -0.1) is 0 Å². The van der Waals surface area contributed by atoms with Crippen LogP contribution < -0.4 is 0 Å². The Kier molecular flexibility index (Phi) is 2.88. The summed E-state index contributed by atoms with van der Waals surface area (Å²) in [6, 6.07) is 12.2. The summed E-state index contributed by atoms with van der Waals surface area (Å²) in [5, 5.41) is 9.18. The molecule has 3 nitrogen and oxygen atoms in total. The molecule has 0 unspecified atom stereocenters. The second-order valence-electron chi connectivity index (χ2n) is 4.48. The molecule has 98 valence electrons. The van der Waals surface area contributed by atoms with Crippen LogP contribution in [0.1, 0.15) is 11.1 Å². The number of H-pyrrole nitrogens is 1. The average Bonchev–Trinajstić information content (AvgIpc) is 2.76.